The molecule has 1 amide bonds. The fourth-order valence-electron chi connectivity index (χ4n) is 2.19. The lowest BCUT2D eigenvalue weighted by Gasteiger charge is -2.18. The number of rotatable bonds is 1. The van der Waals surface area contributed by atoms with Gasteiger partial charge in [0.25, 0.3) is 5.91 Å². The third kappa shape index (κ3) is 1.48. The molecular weight excluding hydrogens is 232 g/mol. The van der Waals surface area contributed by atoms with Crippen LogP contribution in [0, 0.1) is 0 Å². The maximum absolute atomic E-state index is 12.4. The Bertz CT molecular complexity index is 578. The molecule has 2 heterocycles. The van der Waals surface area contributed by atoms with E-state index >= 15 is 0 Å². The van der Waals surface area contributed by atoms with E-state index < -0.39 is 0 Å². The number of aromatic hydroxyl groups is 1. The average Bonchev–Trinajstić information content (AvgIpc) is 2.79. The normalized spacial score (nSPS) is 20.6. The Labute approximate surface area is 104 Å². The average molecular weight is 244 g/mol. The summed E-state index contributed by atoms with van der Waals surface area (Å²) in [6.45, 7) is 0. The lowest BCUT2D eigenvalue weighted by Crippen LogP contribution is -2.32. The summed E-state index contributed by atoms with van der Waals surface area (Å²) in [6, 6.07) is 2.95. The van der Waals surface area contributed by atoms with E-state index in [-0.39, 0.29) is 23.4 Å². The van der Waals surface area contributed by atoms with Crippen LogP contribution in [-0.2, 0) is 0 Å². The standard InChI is InChI=1S/C13H12N2O3/c1-18-12-5-9-10(6-11(12)16)14-7-8-3-2-4-15(8)13(9)17/h2,4-8,16H,3H2,1H3/t8-/m0/s1. The molecule has 1 N–H and O–H groups in total. The number of phenolic OH excluding ortho intramolecular Hbond substituents is 1. The fourth-order valence-corrected chi connectivity index (χ4v) is 2.19. The van der Waals surface area contributed by atoms with Crippen molar-refractivity contribution in [3.8, 4) is 11.5 Å². The van der Waals surface area contributed by atoms with Crippen molar-refractivity contribution in [3.63, 3.8) is 0 Å². The van der Waals surface area contributed by atoms with Gasteiger partial charge in [0.15, 0.2) is 11.5 Å². The minimum atomic E-state index is -0.125. The van der Waals surface area contributed by atoms with Gasteiger partial charge in [0.05, 0.1) is 24.4 Å². The predicted molar refractivity (Wildman–Crippen MR) is 66.5 cm³/mol. The summed E-state index contributed by atoms with van der Waals surface area (Å²) in [5.41, 5.74) is 0.913. The van der Waals surface area contributed by atoms with Crippen LogP contribution in [0.1, 0.15) is 16.8 Å². The third-order valence-corrected chi connectivity index (χ3v) is 3.15. The summed E-state index contributed by atoms with van der Waals surface area (Å²) >= 11 is 0. The number of methoxy groups -OCH3 is 1. The number of nitrogens with zero attached hydrogens (tertiary/aromatic N) is 2. The maximum atomic E-state index is 12.4. The fraction of sp³-hybridized carbons (Fsp3) is 0.231. The molecule has 0 unspecified atom stereocenters. The molecule has 0 radical (unpaired) electrons. The summed E-state index contributed by atoms with van der Waals surface area (Å²) in [5.74, 6) is 0.136. The van der Waals surface area contributed by atoms with E-state index in [0.717, 1.165) is 6.42 Å². The first-order valence-corrected chi connectivity index (χ1v) is 5.65. The smallest absolute Gasteiger partial charge is 0.260 e. The Morgan fingerprint density at radius 3 is 3.11 bits per heavy atom. The van der Waals surface area contributed by atoms with Gasteiger partial charge in [-0.2, -0.15) is 0 Å². The van der Waals surface area contributed by atoms with Crippen LogP contribution in [0.15, 0.2) is 29.4 Å². The van der Waals surface area contributed by atoms with Crippen LogP contribution in [0.5, 0.6) is 11.5 Å². The summed E-state index contributed by atoms with van der Waals surface area (Å²) in [4.78, 5) is 18.3. The molecule has 1 aromatic carbocycles. The Morgan fingerprint density at radius 2 is 2.33 bits per heavy atom. The first-order chi connectivity index (χ1) is 8.70. The third-order valence-electron chi connectivity index (χ3n) is 3.15. The molecule has 92 valence electrons. The molecule has 3 rings (SSSR count). The molecule has 0 fully saturated rings. The van der Waals surface area contributed by atoms with Crippen LogP contribution in [0.2, 0.25) is 0 Å². The lowest BCUT2D eigenvalue weighted by atomic mass is 10.1. The van der Waals surface area contributed by atoms with Gasteiger partial charge >= 0.3 is 0 Å². The van der Waals surface area contributed by atoms with Gasteiger partial charge in [0, 0.05) is 18.5 Å². The molecule has 18 heavy (non-hydrogen) atoms. The monoisotopic (exact) mass is 244 g/mol. The molecule has 0 aromatic heterocycles. The van der Waals surface area contributed by atoms with Crippen LogP contribution in [0.25, 0.3) is 0 Å². The first-order valence-electron chi connectivity index (χ1n) is 5.65. The number of ether oxygens (including phenoxy) is 1. The van der Waals surface area contributed by atoms with Crippen molar-refractivity contribution in [1.82, 2.24) is 4.90 Å². The van der Waals surface area contributed by atoms with Crippen LogP contribution in [-0.4, -0.2) is 35.3 Å². The molecule has 0 spiro atoms. The van der Waals surface area contributed by atoms with E-state index in [0.29, 0.717) is 11.3 Å². The molecule has 0 bridgehead atoms. The molecule has 0 saturated heterocycles. The van der Waals surface area contributed by atoms with Gasteiger partial charge in [-0.15, -0.1) is 0 Å². The number of carbonyl (C=O) groups is 1. The minimum absolute atomic E-state index is 0.0150. The molecule has 0 saturated carbocycles. The van der Waals surface area contributed by atoms with E-state index in [9.17, 15) is 9.90 Å². The summed E-state index contributed by atoms with van der Waals surface area (Å²) in [5, 5.41) is 9.71. The van der Waals surface area contributed by atoms with Crippen molar-refractivity contribution >= 4 is 17.8 Å². The Hall–Kier alpha value is -2.30. The minimum Gasteiger partial charge on any atom is -0.504 e. The highest BCUT2D eigenvalue weighted by atomic mass is 16.5. The van der Waals surface area contributed by atoms with Gasteiger partial charge in [0.2, 0.25) is 0 Å². The van der Waals surface area contributed by atoms with Crippen LogP contribution < -0.4 is 4.74 Å². The molecule has 5 nitrogen and oxygen atoms in total. The molecule has 2 aliphatic heterocycles. The Balaban J connectivity index is 2.15. The highest BCUT2D eigenvalue weighted by Crippen LogP contribution is 2.36. The van der Waals surface area contributed by atoms with E-state index in [1.54, 1.807) is 17.3 Å². The van der Waals surface area contributed by atoms with E-state index in [2.05, 4.69) is 4.99 Å². The number of phenols is 1. The summed E-state index contributed by atoms with van der Waals surface area (Å²) in [7, 11) is 1.45. The highest BCUT2D eigenvalue weighted by Gasteiger charge is 2.29. The van der Waals surface area contributed by atoms with E-state index in [1.165, 1.54) is 19.2 Å². The lowest BCUT2D eigenvalue weighted by molar-refractivity contribution is 0.0817. The molecule has 5 heteroatoms. The summed E-state index contributed by atoms with van der Waals surface area (Å²) < 4.78 is 5.02. The van der Waals surface area contributed by atoms with Crippen molar-refractivity contribution in [1.29, 1.82) is 0 Å². The maximum Gasteiger partial charge on any atom is 0.260 e. The van der Waals surface area contributed by atoms with Crippen LogP contribution >= 0.6 is 0 Å². The predicted octanol–water partition coefficient (Wildman–Crippen LogP) is 1.84. The molecular formula is C13H12N2O3. The second kappa shape index (κ2) is 3.87. The Kier molecular flexibility index (Phi) is 2.33. The number of carbonyl (C=O) groups excluding carboxylic acids is 1. The van der Waals surface area contributed by atoms with Crippen molar-refractivity contribution < 1.29 is 14.6 Å². The second-order valence-corrected chi connectivity index (χ2v) is 4.22. The number of fused-ring (bicyclic) bond motifs is 2. The van der Waals surface area contributed by atoms with E-state index in [4.69, 9.17) is 4.74 Å². The topological polar surface area (TPSA) is 62.1 Å². The van der Waals surface area contributed by atoms with Gasteiger partial charge in [-0.1, -0.05) is 6.08 Å². The van der Waals surface area contributed by atoms with Gasteiger partial charge in [-0.05, 0) is 12.5 Å². The zero-order chi connectivity index (χ0) is 12.7. The van der Waals surface area contributed by atoms with Crippen LogP contribution in [0.4, 0.5) is 5.69 Å². The molecule has 2 aliphatic rings. The number of amides is 1. The molecule has 0 aliphatic carbocycles. The zero-order valence-electron chi connectivity index (χ0n) is 9.83. The number of hydrogen-bond donors (Lipinski definition) is 1. The van der Waals surface area contributed by atoms with Crippen LogP contribution in [0.3, 0.4) is 0 Å². The van der Waals surface area contributed by atoms with Gasteiger partial charge < -0.3 is 14.7 Å². The largest absolute Gasteiger partial charge is 0.504 e. The van der Waals surface area contributed by atoms with E-state index in [1.807, 2.05) is 6.08 Å². The zero-order valence-corrected chi connectivity index (χ0v) is 9.83. The quantitative estimate of drug-likeness (QED) is 0.820. The first kappa shape index (κ1) is 10.8. The SMILES string of the molecule is COc1cc2c(cc1O)N=C[C@@H]1CC=CN1C2=O. The van der Waals surface area contributed by atoms with Crippen molar-refractivity contribution in [3.05, 3.63) is 30.0 Å². The molecule has 1 aromatic rings. The highest BCUT2D eigenvalue weighted by molar-refractivity contribution is 6.04. The van der Waals surface area contributed by atoms with Gasteiger partial charge in [-0.25, -0.2) is 0 Å². The van der Waals surface area contributed by atoms with Crippen molar-refractivity contribution in [2.24, 2.45) is 4.99 Å². The summed E-state index contributed by atoms with van der Waals surface area (Å²) in [6.07, 6.45) is 6.21. The molecule has 1 atom stereocenters. The second-order valence-electron chi connectivity index (χ2n) is 4.22. The number of aliphatic imine (C=N–C) groups is 1. The van der Waals surface area contributed by atoms with Gasteiger partial charge in [0.1, 0.15) is 0 Å². The van der Waals surface area contributed by atoms with Crippen molar-refractivity contribution in [2.75, 3.05) is 7.11 Å². The number of benzene rings is 1. The van der Waals surface area contributed by atoms with Gasteiger partial charge in [-0.3, -0.25) is 9.79 Å². The van der Waals surface area contributed by atoms with Crippen molar-refractivity contribution in [2.45, 2.75) is 12.5 Å². The Morgan fingerprint density at radius 1 is 1.50 bits per heavy atom. The number of hydrogen-bond acceptors (Lipinski definition) is 4.